The van der Waals surface area contributed by atoms with Crippen molar-refractivity contribution in [2.75, 3.05) is 0 Å². The molecule has 2 rings (SSSR count). The zero-order valence-corrected chi connectivity index (χ0v) is 16.7. The zero-order chi connectivity index (χ0) is 18.6. The summed E-state index contributed by atoms with van der Waals surface area (Å²) < 4.78 is 11.6. The Balaban J connectivity index is 2.27. The summed E-state index contributed by atoms with van der Waals surface area (Å²) in [6.07, 6.45) is 11.8. The maximum Gasteiger partial charge on any atom is 0.303 e. The number of rotatable bonds is 2. The van der Waals surface area contributed by atoms with E-state index in [9.17, 15) is 4.79 Å². The minimum atomic E-state index is -0.216. The largest absolute Gasteiger partial charge is 0.458 e. The van der Waals surface area contributed by atoms with Gasteiger partial charge in [-0.2, -0.15) is 0 Å². The van der Waals surface area contributed by atoms with Gasteiger partial charge in [0.15, 0.2) is 0 Å². The first-order valence-corrected chi connectivity index (χ1v) is 9.59. The van der Waals surface area contributed by atoms with E-state index in [0.717, 1.165) is 37.7 Å². The van der Waals surface area contributed by atoms with Gasteiger partial charge in [0.25, 0.3) is 0 Å². The van der Waals surface area contributed by atoms with Crippen LogP contribution in [0.25, 0.3) is 0 Å². The van der Waals surface area contributed by atoms with Crippen LogP contribution in [0.15, 0.2) is 34.9 Å². The molecule has 0 spiro atoms. The number of hydrogen-bond donors (Lipinski definition) is 0. The van der Waals surface area contributed by atoms with E-state index < -0.39 is 0 Å². The smallest absolute Gasteiger partial charge is 0.303 e. The molecule has 1 aliphatic heterocycles. The summed E-state index contributed by atoms with van der Waals surface area (Å²) in [5.74, 6) is 0.212. The Labute approximate surface area is 153 Å². The number of allylic oxidation sites excluding steroid dienone is 4. The lowest BCUT2D eigenvalue weighted by Crippen LogP contribution is -2.20. The van der Waals surface area contributed by atoms with Crippen LogP contribution in [0.3, 0.4) is 0 Å². The van der Waals surface area contributed by atoms with Crippen molar-refractivity contribution in [1.29, 1.82) is 0 Å². The third-order valence-corrected chi connectivity index (χ3v) is 5.50. The van der Waals surface area contributed by atoms with Gasteiger partial charge >= 0.3 is 5.97 Å². The highest BCUT2D eigenvalue weighted by molar-refractivity contribution is 5.66. The summed E-state index contributed by atoms with van der Waals surface area (Å²) in [7, 11) is 0. The van der Waals surface area contributed by atoms with E-state index in [2.05, 4.69) is 52.8 Å². The van der Waals surface area contributed by atoms with Crippen LogP contribution in [0.1, 0.15) is 73.6 Å². The Hall–Kier alpha value is -1.35. The minimum absolute atomic E-state index is 0.0248. The Morgan fingerprint density at radius 3 is 2.68 bits per heavy atom. The summed E-state index contributed by atoms with van der Waals surface area (Å²) in [6, 6.07) is 0. The quantitative estimate of drug-likeness (QED) is 0.376. The molecule has 3 atom stereocenters. The second-order valence-electron chi connectivity index (χ2n) is 8.16. The molecule has 3 heteroatoms. The number of fused-ring (bicyclic) bond motifs is 1. The number of esters is 1. The molecule has 1 saturated heterocycles. The number of carbonyl (C=O) groups excluding carboxylic acids is 1. The Kier molecular flexibility index (Phi) is 6.67. The Bertz CT molecular complexity index is 582. The van der Waals surface area contributed by atoms with Crippen molar-refractivity contribution in [3.8, 4) is 0 Å². The van der Waals surface area contributed by atoms with Gasteiger partial charge in [-0.25, -0.2) is 0 Å². The van der Waals surface area contributed by atoms with E-state index in [4.69, 9.17) is 9.47 Å². The summed E-state index contributed by atoms with van der Waals surface area (Å²) in [4.78, 5) is 11.6. The van der Waals surface area contributed by atoms with E-state index >= 15 is 0 Å². The van der Waals surface area contributed by atoms with Gasteiger partial charge < -0.3 is 9.47 Å². The van der Waals surface area contributed by atoms with Crippen molar-refractivity contribution >= 4 is 5.97 Å². The molecule has 0 saturated carbocycles. The molecule has 1 aliphatic carbocycles. The fourth-order valence-corrected chi connectivity index (χ4v) is 3.49. The molecule has 3 nitrogen and oxygen atoms in total. The van der Waals surface area contributed by atoms with Crippen LogP contribution in [-0.2, 0) is 14.3 Å². The van der Waals surface area contributed by atoms with Gasteiger partial charge in [-0.1, -0.05) is 43.2 Å². The fraction of sp³-hybridized carbons (Fsp3) is 0.682. The van der Waals surface area contributed by atoms with Crippen molar-refractivity contribution in [3.63, 3.8) is 0 Å². The van der Waals surface area contributed by atoms with E-state index in [1.165, 1.54) is 18.1 Å². The van der Waals surface area contributed by atoms with Gasteiger partial charge in [-0.05, 0) is 57.9 Å². The molecule has 0 radical (unpaired) electrons. The van der Waals surface area contributed by atoms with Gasteiger partial charge in [0, 0.05) is 13.3 Å². The van der Waals surface area contributed by atoms with Crippen molar-refractivity contribution in [1.82, 2.24) is 0 Å². The molecule has 0 aromatic rings. The summed E-state index contributed by atoms with van der Waals surface area (Å²) >= 11 is 0. The molecule has 0 amide bonds. The van der Waals surface area contributed by atoms with Crippen LogP contribution in [0.5, 0.6) is 0 Å². The van der Waals surface area contributed by atoms with E-state index in [1.807, 2.05) is 0 Å². The topological polar surface area (TPSA) is 38.8 Å². The highest BCUT2D eigenvalue weighted by atomic mass is 16.6. The predicted octanol–water partition coefficient (Wildman–Crippen LogP) is 5.51. The van der Waals surface area contributed by atoms with Crippen LogP contribution in [-0.4, -0.2) is 23.8 Å². The van der Waals surface area contributed by atoms with Gasteiger partial charge in [0.05, 0.1) is 11.7 Å². The predicted molar refractivity (Wildman–Crippen MR) is 102 cm³/mol. The standard InChI is InChI=1S/C22H34O3/c1-15(2)19-11-9-16(3)10-12-21-22(6,25-21)13-7-8-17(4)20(14-19)24-18(5)23/h8-9,11,15,20-21H,7,10,12-14H2,1-6H3/b16-9+,17-8+,19-11+/t20-,21-,22-/m1/s1. The number of carbonyl (C=O) groups is 1. The van der Waals surface area contributed by atoms with Crippen molar-refractivity contribution in [2.45, 2.75) is 91.5 Å². The van der Waals surface area contributed by atoms with Gasteiger partial charge in [0.1, 0.15) is 6.10 Å². The molecule has 0 N–H and O–H groups in total. The van der Waals surface area contributed by atoms with Crippen molar-refractivity contribution in [3.05, 3.63) is 34.9 Å². The monoisotopic (exact) mass is 346 g/mol. The summed E-state index contributed by atoms with van der Waals surface area (Å²) in [6.45, 7) is 12.4. The molecular formula is C22H34O3. The molecule has 0 aromatic carbocycles. The molecule has 1 fully saturated rings. The molecule has 1 heterocycles. The summed E-state index contributed by atoms with van der Waals surface area (Å²) in [5, 5.41) is 0. The fourth-order valence-electron chi connectivity index (χ4n) is 3.49. The molecule has 2 aliphatic rings. The second kappa shape index (κ2) is 8.35. The first-order chi connectivity index (χ1) is 11.7. The maximum atomic E-state index is 11.6. The SMILES string of the molecule is CC(=O)O[C@@H]1C/C(C(C)C)=C\C=C(/C)CC[C@H]2O[C@]2(C)CC/C=C/1C. The van der Waals surface area contributed by atoms with Crippen molar-refractivity contribution < 1.29 is 14.3 Å². The van der Waals surface area contributed by atoms with E-state index in [1.54, 1.807) is 0 Å². The van der Waals surface area contributed by atoms with Gasteiger partial charge in [-0.3, -0.25) is 4.79 Å². The third kappa shape index (κ3) is 5.85. The summed E-state index contributed by atoms with van der Waals surface area (Å²) in [5.41, 5.74) is 3.87. The highest BCUT2D eigenvalue weighted by Crippen LogP contribution is 2.43. The highest BCUT2D eigenvalue weighted by Gasteiger charge is 2.50. The molecule has 0 aromatic heterocycles. The third-order valence-electron chi connectivity index (χ3n) is 5.50. The van der Waals surface area contributed by atoms with Gasteiger partial charge in [-0.15, -0.1) is 0 Å². The van der Waals surface area contributed by atoms with Crippen LogP contribution >= 0.6 is 0 Å². The molecule has 140 valence electrons. The number of hydrogen-bond acceptors (Lipinski definition) is 3. The average molecular weight is 347 g/mol. The van der Waals surface area contributed by atoms with Crippen LogP contribution in [0, 0.1) is 5.92 Å². The Morgan fingerprint density at radius 2 is 2.04 bits per heavy atom. The molecule has 0 bridgehead atoms. The molecular weight excluding hydrogens is 312 g/mol. The maximum absolute atomic E-state index is 11.6. The van der Waals surface area contributed by atoms with Crippen molar-refractivity contribution in [2.24, 2.45) is 5.92 Å². The second-order valence-corrected chi connectivity index (χ2v) is 8.16. The van der Waals surface area contributed by atoms with Crippen LogP contribution in [0.4, 0.5) is 0 Å². The minimum Gasteiger partial charge on any atom is -0.458 e. The normalized spacial score (nSPS) is 37.5. The molecule has 0 unspecified atom stereocenters. The lowest BCUT2D eigenvalue weighted by Gasteiger charge is -2.22. The first-order valence-electron chi connectivity index (χ1n) is 9.59. The average Bonchev–Trinajstić information content (AvgIpc) is 3.16. The number of epoxide rings is 1. The number of ether oxygens (including phenoxy) is 2. The lowest BCUT2D eigenvalue weighted by atomic mass is 9.91. The molecule has 25 heavy (non-hydrogen) atoms. The van der Waals surface area contributed by atoms with Crippen LogP contribution < -0.4 is 0 Å². The Morgan fingerprint density at radius 1 is 1.32 bits per heavy atom. The van der Waals surface area contributed by atoms with Crippen LogP contribution in [0.2, 0.25) is 0 Å². The van der Waals surface area contributed by atoms with E-state index in [0.29, 0.717) is 12.0 Å². The lowest BCUT2D eigenvalue weighted by molar-refractivity contribution is -0.144. The van der Waals surface area contributed by atoms with E-state index in [-0.39, 0.29) is 17.7 Å². The zero-order valence-electron chi connectivity index (χ0n) is 16.7. The first kappa shape index (κ1) is 20.0. The van der Waals surface area contributed by atoms with Gasteiger partial charge in [0.2, 0.25) is 0 Å².